The summed E-state index contributed by atoms with van der Waals surface area (Å²) in [5.74, 6) is 0. The molecule has 1 heterocycles. The van der Waals surface area contributed by atoms with Gasteiger partial charge in [-0.15, -0.1) is 17.9 Å². The van der Waals surface area contributed by atoms with Crippen LogP contribution in [0.5, 0.6) is 0 Å². The summed E-state index contributed by atoms with van der Waals surface area (Å²) in [6.07, 6.45) is 3.90. The molecule has 0 fully saturated rings. The standard InChI is InChI=1S/C11H15Cl2NS/c1-3-5-6-9(14-4-2)8-7-10(12)15-11(8)13/h3,7,9,14H,1,4-6H2,2H3. The molecule has 1 atom stereocenters. The van der Waals surface area contributed by atoms with Gasteiger partial charge in [-0.3, -0.25) is 0 Å². The number of thiophene rings is 1. The number of rotatable bonds is 6. The minimum Gasteiger partial charge on any atom is -0.310 e. The minimum absolute atomic E-state index is 0.282. The lowest BCUT2D eigenvalue weighted by Gasteiger charge is -2.16. The Labute approximate surface area is 105 Å². The Bertz CT molecular complexity index is 322. The summed E-state index contributed by atoms with van der Waals surface area (Å²) >= 11 is 13.5. The van der Waals surface area contributed by atoms with Crippen molar-refractivity contribution in [3.05, 3.63) is 33.0 Å². The molecule has 1 aromatic rings. The van der Waals surface area contributed by atoms with Gasteiger partial charge < -0.3 is 5.32 Å². The topological polar surface area (TPSA) is 12.0 Å². The largest absolute Gasteiger partial charge is 0.310 e. The van der Waals surface area contributed by atoms with E-state index in [9.17, 15) is 0 Å². The second-order valence-electron chi connectivity index (χ2n) is 3.26. The molecule has 4 heteroatoms. The van der Waals surface area contributed by atoms with Gasteiger partial charge in [0.15, 0.2) is 0 Å². The molecule has 1 rings (SSSR count). The summed E-state index contributed by atoms with van der Waals surface area (Å²) in [6, 6.07) is 2.23. The fourth-order valence-corrected chi connectivity index (χ4v) is 3.07. The first-order valence-corrected chi connectivity index (χ1v) is 6.55. The van der Waals surface area contributed by atoms with Crippen molar-refractivity contribution in [2.24, 2.45) is 0 Å². The summed E-state index contributed by atoms with van der Waals surface area (Å²) in [5, 5.41) is 3.40. The smallest absolute Gasteiger partial charge is 0.0991 e. The average Bonchev–Trinajstić information content (AvgIpc) is 2.52. The van der Waals surface area contributed by atoms with Crippen LogP contribution >= 0.6 is 34.5 Å². The molecule has 0 spiro atoms. The quantitative estimate of drug-likeness (QED) is 0.736. The molecule has 1 unspecified atom stereocenters. The normalized spacial score (nSPS) is 12.7. The Morgan fingerprint density at radius 1 is 1.60 bits per heavy atom. The van der Waals surface area contributed by atoms with Crippen LogP contribution in [0.4, 0.5) is 0 Å². The number of hydrogen-bond acceptors (Lipinski definition) is 2. The van der Waals surface area contributed by atoms with E-state index in [0.717, 1.165) is 33.6 Å². The first-order valence-electron chi connectivity index (χ1n) is 4.98. The maximum atomic E-state index is 6.12. The van der Waals surface area contributed by atoms with Crippen molar-refractivity contribution in [3.63, 3.8) is 0 Å². The van der Waals surface area contributed by atoms with E-state index < -0.39 is 0 Å². The summed E-state index contributed by atoms with van der Waals surface area (Å²) in [7, 11) is 0. The number of allylic oxidation sites excluding steroid dienone is 1. The van der Waals surface area contributed by atoms with Gasteiger partial charge in [0.05, 0.1) is 8.67 Å². The van der Waals surface area contributed by atoms with Gasteiger partial charge >= 0.3 is 0 Å². The summed E-state index contributed by atoms with van der Waals surface area (Å²) in [4.78, 5) is 0. The molecule has 1 N–H and O–H groups in total. The van der Waals surface area contributed by atoms with Crippen molar-refractivity contribution in [2.75, 3.05) is 6.54 Å². The molecule has 1 nitrogen and oxygen atoms in total. The van der Waals surface area contributed by atoms with E-state index in [1.807, 2.05) is 12.1 Å². The third kappa shape index (κ3) is 3.80. The zero-order valence-electron chi connectivity index (χ0n) is 8.72. The van der Waals surface area contributed by atoms with Gasteiger partial charge in [-0.2, -0.15) is 0 Å². The lowest BCUT2D eigenvalue weighted by Crippen LogP contribution is -2.20. The van der Waals surface area contributed by atoms with E-state index in [0.29, 0.717) is 0 Å². The van der Waals surface area contributed by atoms with Crippen molar-refractivity contribution in [2.45, 2.75) is 25.8 Å². The summed E-state index contributed by atoms with van der Waals surface area (Å²) in [5.41, 5.74) is 1.11. The number of halogens is 2. The van der Waals surface area contributed by atoms with Gasteiger partial charge in [0.25, 0.3) is 0 Å². The van der Waals surface area contributed by atoms with Crippen molar-refractivity contribution < 1.29 is 0 Å². The van der Waals surface area contributed by atoms with Crippen LogP contribution in [0.25, 0.3) is 0 Å². The molecular weight excluding hydrogens is 249 g/mol. The van der Waals surface area contributed by atoms with Gasteiger partial charge in [0.1, 0.15) is 0 Å². The minimum atomic E-state index is 0.282. The molecule has 15 heavy (non-hydrogen) atoms. The van der Waals surface area contributed by atoms with E-state index in [1.54, 1.807) is 0 Å². The highest BCUT2D eigenvalue weighted by Gasteiger charge is 2.15. The van der Waals surface area contributed by atoms with E-state index in [2.05, 4.69) is 18.8 Å². The van der Waals surface area contributed by atoms with Crippen molar-refractivity contribution in [1.29, 1.82) is 0 Å². The summed E-state index contributed by atoms with van der Waals surface area (Å²) < 4.78 is 1.53. The third-order valence-electron chi connectivity index (χ3n) is 2.17. The molecule has 84 valence electrons. The molecule has 0 aliphatic heterocycles. The van der Waals surface area contributed by atoms with Crippen LogP contribution in [0.15, 0.2) is 18.7 Å². The van der Waals surface area contributed by atoms with Crippen molar-refractivity contribution in [3.8, 4) is 0 Å². The maximum absolute atomic E-state index is 6.12. The van der Waals surface area contributed by atoms with E-state index in [-0.39, 0.29) is 6.04 Å². The number of hydrogen-bond donors (Lipinski definition) is 1. The van der Waals surface area contributed by atoms with Gasteiger partial charge in [-0.1, -0.05) is 36.2 Å². The van der Waals surface area contributed by atoms with Crippen LogP contribution in [-0.4, -0.2) is 6.54 Å². The molecule has 0 saturated heterocycles. The SMILES string of the molecule is C=CCCC(NCC)c1cc(Cl)sc1Cl. The molecule has 0 aliphatic carbocycles. The van der Waals surface area contributed by atoms with Gasteiger partial charge in [-0.05, 0) is 25.5 Å². The second-order valence-corrected chi connectivity index (χ2v) is 5.54. The highest BCUT2D eigenvalue weighted by Crippen LogP contribution is 2.36. The van der Waals surface area contributed by atoms with Gasteiger partial charge in [-0.25, -0.2) is 0 Å². The zero-order chi connectivity index (χ0) is 11.3. The first kappa shape index (κ1) is 13.0. The maximum Gasteiger partial charge on any atom is 0.0991 e. The predicted octanol–water partition coefficient (Wildman–Crippen LogP) is 4.67. The second kappa shape index (κ2) is 6.54. The summed E-state index contributed by atoms with van der Waals surface area (Å²) in [6.45, 7) is 6.74. The molecule has 0 amide bonds. The van der Waals surface area contributed by atoms with Crippen LogP contribution in [0.2, 0.25) is 8.67 Å². The van der Waals surface area contributed by atoms with E-state index >= 15 is 0 Å². The third-order valence-corrected chi connectivity index (χ3v) is 3.69. The van der Waals surface area contributed by atoms with Crippen LogP contribution in [0.3, 0.4) is 0 Å². The Hall–Kier alpha value is -0.0200. The highest BCUT2D eigenvalue weighted by atomic mass is 35.5. The van der Waals surface area contributed by atoms with Crippen molar-refractivity contribution in [1.82, 2.24) is 5.32 Å². The van der Waals surface area contributed by atoms with Crippen LogP contribution in [0.1, 0.15) is 31.4 Å². The molecule has 0 bridgehead atoms. The molecule has 0 radical (unpaired) electrons. The monoisotopic (exact) mass is 263 g/mol. The number of nitrogens with one attached hydrogen (secondary N) is 1. The van der Waals surface area contributed by atoms with Gasteiger partial charge in [0, 0.05) is 11.6 Å². The fraction of sp³-hybridized carbons (Fsp3) is 0.455. The Morgan fingerprint density at radius 3 is 2.80 bits per heavy atom. The Morgan fingerprint density at radius 2 is 2.33 bits per heavy atom. The zero-order valence-corrected chi connectivity index (χ0v) is 11.1. The molecule has 0 aromatic carbocycles. The molecular formula is C11H15Cl2NS. The fourth-order valence-electron chi connectivity index (χ4n) is 1.49. The molecule has 1 aromatic heterocycles. The van der Waals surface area contributed by atoms with E-state index in [4.69, 9.17) is 23.2 Å². The highest BCUT2D eigenvalue weighted by molar-refractivity contribution is 7.20. The Balaban J connectivity index is 2.77. The predicted molar refractivity (Wildman–Crippen MR) is 70.2 cm³/mol. The van der Waals surface area contributed by atoms with Gasteiger partial charge in [0.2, 0.25) is 0 Å². The first-order chi connectivity index (χ1) is 7.19. The molecule has 0 saturated carbocycles. The van der Waals surface area contributed by atoms with Crippen molar-refractivity contribution >= 4 is 34.5 Å². The lowest BCUT2D eigenvalue weighted by molar-refractivity contribution is 0.521. The average molecular weight is 264 g/mol. The van der Waals surface area contributed by atoms with Crippen LogP contribution in [-0.2, 0) is 0 Å². The van der Waals surface area contributed by atoms with Crippen LogP contribution in [0, 0.1) is 0 Å². The molecule has 0 aliphatic rings. The Kier molecular flexibility index (Phi) is 5.69. The van der Waals surface area contributed by atoms with E-state index in [1.165, 1.54) is 11.3 Å². The van der Waals surface area contributed by atoms with Crippen LogP contribution < -0.4 is 5.32 Å². The lowest BCUT2D eigenvalue weighted by atomic mass is 10.1.